The van der Waals surface area contributed by atoms with E-state index < -0.39 is 0 Å². The van der Waals surface area contributed by atoms with Crippen LogP contribution in [0.25, 0.3) is 5.57 Å². The Morgan fingerprint density at radius 3 is 2.32 bits per heavy atom. The van der Waals surface area contributed by atoms with Gasteiger partial charge in [0.1, 0.15) is 0 Å². The van der Waals surface area contributed by atoms with Gasteiger partial charge < -0.3 is 0 Å². The molecule has 0 heteroatoms. The topological polar surface area (TPSA) is 0 Å². The van der Waals surface area contributed by atoms with Crippen LogP contribution in [0.2, 0.25) is 0 Å². The predicted molar refractivity (Wildman–Crippen MR) is 99.1 cm³/mol. The highest BCUT2D eigenvalue weighted by molar-refractivity contribution is 5.66. The first-order chi connectivity index (χ1) is 10.8. The lowest BCUT2D eigenvalue weighted by Gasteiger charge is -2.22. The van der Waals surface area contributed by atoms with E-state index in [0.717, 1.165) is 5.92 Å². The molecule has 0 heterocycles. The molecule has 22 heavy (non-hydrogen) atoms. The van der Waals surface area contributed by atoms with Crippen LogP contribution < -0.4 is 0 Å². The van der Waals surface area contributed by atoms with E-state index in [4.69, 9.17) is 0 Å². The van der Waals surface area contributed by atoms with E-state index in [1.807, 2.05) is 0 Å². The second kappa shape index (κ2) is 9.87. The van der Waals surface area contributed by atoms with Gasteiger partial charge in [-0.2, -0.15) is 0 Å². The molecule has 1 aliphatic rings. The van der Waals surface area contributed by atoms with Crippen molar-refractivity contribution in [3.63, 3.8) is 0 Å². The molecule has 122 valence electrons. The van der Waals surface area contributed by atoms with Crippen LogP contribution in [-0.4, -0.2) is 0 Å². The van der Waals surface area contributed by atoms with Crippen LogP contribution in [0.3, 0.4) is 0 Å². The number of hydrogen-bond acceptors (Lipinski definition) is 0. The van der Waals surface area contributed by atoms with Crippen LogP contribution >= 0.6 is 0 Å². The first-order valence-electron chi connectivity index (χ1n) is 9.61. The number of benzene rings is 1. The summed E-state index contributed by atoms with van der Waals surface area (Å²) in [6, 6.07) is 9.31. The normalized spacial score (nSPS) is 18.3. The Labute approximate surface area is 138 Å². The van der Waals surface area contributed by atoms with Crippen molar-refractivity contribution in [2.45, 2.75) is 84.5 Å². The molecule has 0 spiro atoms. The van der Waals surface area contributed by atoms with Crippen molar-refractivity contribution >= 4 is 5.57 Å². The van der Waals surface area contributed by atoms with E-state index in [1.54, 1.807) is 5.57 Å². The van der Waals surface area contributed by atoms with E-state index in [9.17, 15) is 0 Å². The molecule has 0 fully saturated rings. The number of hydrogen-bond donors (Lipinski definition) is 0. The first-order valence-corrected chi connectivity index (χ1v) is 9.61. The van der Waals surface area contributed by atoms with Gasteiger partial charge in [0.15, 0.2) is 0 Å². The molecule has 0 bridgehead atoms. The van der Waals surface area contributed by atoms with Gasteiger partial charge in [-0.15, -0.1) is 0 Å². The number of allylic oxidation sites excluding steroid dienone is 2. The minimum Gasteiger partial charge on any atom is -0.0804 e. The lowest BCUT2D eigenvalue weighted by molar-refractivity contribution is 0.423. The van der Waals surface area contributed by atoms with Gasteiger partial charge in [-0.25, -0.2) is 0 Å². The van der Waals surface area contributed by atoms with Gasteiger partial charge in [-0.1, -0.05) is 89.1 Å². The Kier molecular flexibility index (Phi) is 7.77. The average Bonchev–Trinajstić information content (AvgIpc) is 2.56. The Morgan fingerprint density at radius 2 is 1.68 bits per heavy atom. The van der Waals surface area contributed by atoms with Gasteiger partial charge in [0.25, 0.3) is 0 Å². The van der Waals surface area contributed by atoms with Gasteiger partial charge in [-0.3, -0.25) is 0 Å². The van der Waals surface area contributed by atoms with Crippen molar-refractivity contribution in [1.29, 1.82) is 0 Å². The Hall–Kier alpha value is -1.04. The maximum Gasteiger partial charge on any atom is -0.0228 e. The summed E-state index contributed by atoms with van der Waals surface area (Å²) in [5, 5.41) is 0. The molecular formula is C22H34. The Balaban J connectivity index is 1.76. The van der Waals surface area contributed by atoms with Crippen molar-refractivity contribution in [3.05, 3.63) is 41.5 Å². The lowest BCUT2D eigenvalue weighted by Crippen LogP contribution is -2.05. The monoisotopic (exact) mass is 298 g/mol. The summed E-state index contributed by atoms with van der Waals surface area (Å²) >= 11 is 0. The van der Waals surface area contributed by atoms with Crippen LogP contribution in [-0.2, 0) is 6.42 Å². The molecule has 1 atom stereocenters. The molecule has 0 aromatic heterocycles. The molecule has 1 aliphatic carbocycles. The number of rotatable bonds is 9. The standard InChI is InChI=1S/C22H34/c1-3-5-6-7-8-10-20-13-17-22(18-14-20)21-15-11-19(9-4-2)12-16-21/h11-12,15-17,20H,3-10,13-14,18H2,1-2H3. The summed E-state index contributed by atoms with van der Waals surface area (Å²) in [4.78, 5) is 0. The fourth-order valence-electron chi connectivity index (χ4n) is 3.62. The van der Waals surface area contributed by atoms with Crippen LogP contribution in [0.5, 0.6) is 0 Å². The third-order valence-corrected chi connectivity index (χ3v) is 5.10. The largest absolute Gasteiger partial charge is 0.0804 e. The van der Waals surface area contributed by atoms with Crippen molar-refractivity contribution in [3.8, 4) is 0 Å². The van der Waals surface area contributed by atoms with Crippen LogP contribution in [0.1, 0.15) is 89.2 Å². The van der Waals surface area contributed by atoms with Crippen LogP contribution in [0.4, 0.5) is 0 Å². The van der Waals surface area contributed by atoms with E-state index in [2.05, 4.69) is 44.2 Å². The molecule has 1 aromatic rings. The summed E-state index contributed by atoms with van der Waals surface area (Å²) in [5.41, 5.74) is 4.53. The molecule has 0 amide bonds. The van der Waals surface area contributed by atoms with Gasteiger partial charge in [-0.05, 0) is 48.3 Å². The Morgan fingerprint density at radius 1 is 0.909 bits per heavy atom. The maximum absolute atomic E-state index is 2.52. The van der Waals surface area contributed by atoms with Crippen LogP contribution in [0.15, 0.2) is 30.3 Å². The fourth-order valence-corrected chi connectivity index (χ4v) is 3.62. The second-order valence-electron chi connectivity index (χ2n) is 7.02. The quantitative estimate of drug-likeness (QED) is 0.423. The van der Waals surface area contributed by atoms with Crippen molar-refractivity contribution in [2.24, 2.45) is 5.92 Å². The summed E-state index contributed by atoms with van der Waals surface area (Å²) in [7, 11) is 0. The van der Waals surface area contributed by atoms with E-state index in [0.29, 0.717) is 0 Å². The molecule has 0 saturated heterocycles. The minimum atomic E-state index is 0.949. The molecular weight excluding hydrogens is 264 g/mol. The van der Waals surface area contributed by atoms with Gasteiger partial charge in [0.05, 0.1) is 0 Å². The molecule has 0 aliphatic heterocycles. The highest BCUT2D eigenvalue weighted by Gasteiger charge is 2.15. The fraction of sp³-hybridized carbons (Fsp3) is 0.636. The number of aryl methyl sites for hydroxylation is 1. The Bertz CT molecular complexity index is 438. The molecule has 0 saturated carbocycles. The van der Waals surface area contributed by atoms with Crippen molar-refractivity contribution in [1.82, 2.24) is 0 Å². The van der Waals surface area contributed by atoms with E-state index in [-0.39, 0.29) is 0 Å². The van der Waals surface area contributed by atoms with Gasteiger partial charge in [0, 0.05) is 0 Å². The maximum atomic E-state index is 2.52. The second-order valence-corrected chi connectivity index (χ2v) is 7.02. The zero-order valence-electron chi connectivity index (χ0n) is 14.7. The molecule has 1 unspecified atom stereocenters. The lowest BCUT2D eigenvalue weighted by atomic mass is 9.83. The SMILES string of the molecule is CCCCCCCC1CC=C(c2ccc(CCC)cc2)CC1. The van der Waals surface area contributed by atoms with Crippen molar-refractivity contribution < 1.29 is 0 Å². The van der Waals surface area contributed by atoms with Gasteiger partial charge >= 0.3 is 0 Å². The first kappa shape index (κ1) is 17.3. The number of unbranched alkanes of at least 4 members (excludes halogenated alkanes) is 4. The highest BCUT2D eigenvalue weighted by atomic mass is 14.2. The summed E-state index contributed by atoms with van der Waals surface area (Å²) in [6.07, 6.45) is 17.5. The zero-order chi connectivity index (χ0) is 15.6. The summed E-state index contributed by atoms with van der Waals surface area (Å²) < 4.78 is 0. The molecule has 1 aromatic carbocycles. The third kappa shape index (κ3) is 5.63. The molecule has 0 N–H and O–H groups in total. The molecule has 2 rings (SSSR count). The summed E-state index contributed by atoms with van der Waals surface area (Å²) in [6.45, 7) is 4.54. The zero-order valence-corrected chi connectivity index (χ0v) is 14.7. The van der Waals surface area contributed by atoms with E-state index >= 15 is 0 Å². The third-order valence-electron chi connectivity index (χ3n) is 5.10. The molecule has 0 nitrogen and oxygen atoms in total. The predicted octanol–water partition coefficient (Wildman–Crippen LogP) is 7.18. The summed E-state index contributed by atoms with van der Waals surface area (Å²) in [5.74, 6) is 0.949. The van der Waals surface area contributed by atoms with E-state index in [1.165, 1.54) is 81.8 Å². The average molecular weight is 299 g/mol. The molecule has 0 radical (unpaired) electrons. The van der Waals surface area contributed by atoms with Gasteiger partial charge in [0.2, 0.25) is 0 Å². The highest BCUT2D eigenvalue weighted by Crippen LogP contribution is 2.33. The van der Waals surface area contributed by atoms with Crippen LogP contribution in [0, 0.1) is 5.92 Å². The smallest absolute Gasteiger partial charge is 0.0228 e. The minimum absolute atomic E-state index is 0.949. The van der Waals surface area contributed by atoms with Crippen molar-refractivity contribution in [2.75, 3.05) is 0 Å².